The van der Waals surface area contributed by atoms with E-state index in [1.54, 1.807) is 6.08 Å². The summed E-state index contributed by atoms with van der Waals surface area (Å²) in [6.45, 7) is 8.50. The van der Waals surface area contributed by atoms with E-state index in [1.807, 2.05) is 68.5 Å². The van der Waals surface area contributed by atoms with Crippen LogP contribution in [0.5, 0.6) is 11.5 Å². The molecule has 0 saturated heterocycles. The fourth-order valence-corrected chi connectivity index (χ4v) is 4.29. The highest BCUT2D eigenvalue weighted by Gasteiger charge is 2.36. The number of nitrogens with zero attached hydrogens (tertiary/aromatic N) is 3. The highest BCUT2D eigenvalue weighted by Crippen LogP contribution is 2.31. The van der Waals surface area contributed by atoms with Gasteiger partial charge >= 0.3 is 0 Å². The molecule has 0 atom stereocenters. The van der Waals surface area contributed by atoms with Crippen molar-refractivity contribution < 1.29 is 14.3 Å². The second-order valence-electron chi connectivity index (χ2n) is 7.95. The van der Waals surface area contributed by atoms with E-state index >= 15 is 0 Å². The number of hydrazone groups is 1. The van der Waals surface area contributed by atoms with E-state index in [4.69, 9.17) is 14.9 Å². The van der Waals surface area contributed by atoms with Crippen LogP contribution in [0.2, 0.25) is 0 Å². The minimum absolute atomic E-state index is 0.00936. The Hall–Kier alpha value is -3.65. The Morgan fingerprint density at radius 3 is 2.50 bits per heavy atom. The van der Waals surface area contributed by atoms with Crippen molar-refractivity contribution in [3.05, 3.63) is 77.9 Å². The number of amidine groups is 2. The number of allylic oxidation sites excluding steroid dienone is 1. The quantitative estimate of drug-likeness (QED) is 0.309. The van der Waals surface area contributed by atoms with Crippen LogP contribution in [0.1, 0.15) is 25.0 Å². The summed E-state index contributed by atoms with van der Waals surface area (Å²) >= 11 is 1.33. The zero-order valence-electron chi connectivity index (χ0n) is 19.2. The highest BCUT2D eigenvalue weighted by atomic mass is 32.2. The van der Waals surface area contributed by atoms with Crippen molar-refractivity contribution in [1.29, 1.82) is 5.41 Å². The number of rotatable bonds is 9. The molecule has 1 N–H and O–H groups in total. The number of hydrogen-bond acceptors (Lipinski definition) is 6. The number of thioether (sulfide) groups is 1. The van der Waals surface area contributed by atoms with E-state index in [9.17, 15) is 4.79 Å². The Morgan fingerprint density at radius 1 is 1.09 bits per heavy atom. The normalized spacial score (nSPS) is 16.4. The predicted molar refractivity (Wildman–Crippen MR) is 138 cm³/mol. The number of para-hydroxylation sites is 2. The summed E-state index contributed by atoms with van der Waals surface area (Å²) in [6, 6.07) is 15.2. The van der Waals surface area contributed by atoms with Gasteiger partial charge in [-0.1, -0.05) is 56.3 Å². The van der Waals surface area contributed by atoms with Gasteiger partial charge in [0.2, 0.25) is 5.17 Å². The van der Waals surface area contributed by atoms with Gasteiger partial charge in [-0.05, 0) is 42.0 Å². The largest absolute Gasteiger partial charge is 0.490 e. The molecule has 2 heterocycles. The second-order valence-corrected chi connectivity index (χ2v) is 8.94. The first-order valence-electron chi connectivity index (χ1n) is 11.0. The van der Waals surface area contributed by atoms with Crippen molar-refractivity contribution in [3.8, 4) is 11.5 Å². The van der Waals surface area contributed by atoms with Crippen LogP contribution in [0.4, 0.5) is 0 Å². The topological polar surface area (TPSA) is 87.3 Å². The average Bonchev–Trinajstić information content (AvgIpc) is 3.26. The van der Waals surface area contributed by atoms with Crippen molar-refractivity contribution in [3.63, 3.8) is 0 Å². The summed E-state index contributed by atoms with van der Waals surface area (Å²) in [4.78, 5) is 16.8. The molecule has 2 aromatic rings. The number of nitrogens with one attached hydrogen (secondary N) is 1. The number of carbonyl (C=O) groups is 1. The van der Waals surface area contributed by atoms with Crippen LogP contribution in [0.25, 0.3) is 6.08 Å². The Morgan fingerprint density at radius 2 is 1.76 bits per heavy atom. The Labute approximate surface area is 203 Å². The van der Waals surface area contributed by atoms with Crippen LogP contribution < -0.4 is 9.47 Å². The van der Waals surface area contributed by atoms with Gasteiger partial charge in [-0.2, -0.15) is 15.1 Å². The van der Waals surface area contributed by atoms with Crippen LogP contribution in [0.15, 0.2) is 76.9 Å². The van der Waals surface area contributed by atoms with Crippen molar-refractivity contribution in [1.82, 2.24) is 5.01 Å². The molecule has 7 nitrogen and oxygen atoms in total. The number of carbonyl (C=O) groups excluding carboxylic acids is 1. The summed E-state index contributed by atoms with van der Waals surface area (Å²) < 4.78 is 11.8. The monoisotopic (exact) mass is 474 g/mol. The lowest BCUT2D eigenvalue weighted by atomic mass is 10.1. The molecule has 0 saturated carbocycles. The molecule has 0 radical (unpaired) electrons. The number of benzene rings is 2. The minimum atomic E-state index is -0.457. The van der Waals surface area contributed by atoms with Crippen LogP contribution in [0.3, 0.4) is 0 Å². The molecule has 2 aliphatic rings. The third kappa shape index (κ3) is 5.12. The lowest BCUT2D eigenvalue weighted by molar-refractivity contribution is -0.114. The van der Waals surface area contributed by atoms with Gasteiger partial charge < -0.3 is 9.47 Å². The van der Waals surface area contributed by atoms with Gasteiger partial charge in [-0.25, -0.2) is 0 Å². The molecule has 0 aromatic heterocycles. The molecule has 34 heavy (non-hydrogen) atoms. The zero-order valence-corrected chi connectivity index (χ0v) is 20.0. The Kier molecular flexibility index (Phi) is 7.27. The number of aliphatic imine (C=N–C) groups is 1. The molecule has 174 valence electrons. The number of amides is 1. The first-order chi connectivity index (χ1) is 16.5. The van der Waals surface area contributed by atoms with Crippen molar-refractivity contribution in [2.45, 2.75) is 20.3 Å². The van der Waals surface area contributed by atoms with Crippen LogP contribution in [-0.4, -0.2) is 40.2 Å². The molecule has 0 bridgehead atoms. The fourth-order valence-electron chi connectivity index (χ4n) is 3.40. The SMILES string of the molecule is C=CCc1ccccc1OCCOc1ccccc1C=C1C(=N)N2N=C(C(C)C)SC2=NC1=O. The summed E-state index contributed by atoms with van der Waals surface area (Å²) in [7, 11) is 0. The van der Waals surface area contributed by atoms with Crippen molar-refractivity contribution in [2.24, 2.45) is 16.0 Å². The summed E-state index contributed by atoms with van der Waals surface area (Å²) in [5, 5.41) is 15.7. The maximum atomic E-state index is 12.7. The highest BCUT2D eigenvalue weighted by molar-refractivity contribution is 8.27. The zero-order chi connectivity index (χ0) is 24.1. The number of ether oxygens (including phenoxy) is 2. The maximum Gasteiger partial charge on any atom is 0.283 e. The molecule has 2 aliphatic heterocycles. The van der Waals surface area contributed by atoms with E-state index in [0.717, 1.165) is 22.8 Å². The summed E-state index contributed by atoms with van der Waals surface area (Å²) in [6.07, 6.45) is 4.21. The molecule has 0 spiro atoms. The fraction of sp³-hybridized carbons (Fsp3) is 0.231. The minimum Gasteiger partial charge on any atom is -0.490 e. The standard InChI is InChI=1S/C26H26N4O3S/c1-4-9-18-10-5-7-12-21(18)32-14-15-33-22-13-8-6-11-19(22)16-20-23(27)30-26(28-24(20)31)34-25(29-30)17(2)3/h4-8,10-13,16-17,27H,1,9,14-15H2,2-3H3. The maximum absolute atomic E-state index is 12.7. The summed E-state index contributed by atoms with van der Waals surface area (Å²) in [5.41, 5.74) is 1.92. The lowest BCUT2D eigenvalue weighted by Crippen LogP contribution is -2.35. The Bertz CT molecular complexity index is 1220. The smallest absolute Gasteiger partial charge is 0.283 e. The van der Waals surface area contributed by atoms with Gasteiger partial charge in [0.15, 0.2) is 5.84 Å². The van der Waals surface area contributed by atoms with Crippen LogP contribution >= 0.6 is 11.8 Å². The van der Waals surface area contributed by atoms with Gasteiger partial charge in [0, 0.05) is 11.5 Å². The molecule has 1 amide bonds. The molecular formula is C26H26N4O3S. The first-order valence-corrected chi connectivity index (χ1v) is 11.8. The predicted octanol–water partition coefficient (Wildman–Crippen LogP) is 5.15. The third-order valence-corrected chi connectivity index (χ3v) is 6.33. The van der Waals surface area contributed by atoms with Crippen LogP contribution in [-0.2, 0) is 11.2 Å². The van der Waals surface area contributed by atoms with Gasteiger partial charge in [-0.15, -0.1) is 6.58 Å². The van der Waals surface area contributed by atoms with E-state index in [0.29, 0.717) is 29.7 Å². The number of fused-ring (bicyclic) bond motifs is 1. The van der Waals surface area contributed by atoms with E-state index in [-0.39, 0.29) is 17.3 Å². The van der Waals surface area contributed by atoms with E-state index in [2.05, 4.69) is 16.7 Å². The molecular weight excluding hydrogens is 448 g/mol. The van der Waals surface area contributed by atoms with Crippen LogP contribution in [0, 0.1) is 11.3 Å². The van der Waals surface area contributed by atoms with Crippen molar-refractivity contribution in [2.75, 3.05) is 13.2 Å². The lowest BCUT2D eigenvalue weighted by Gasteiger charge is -2.20. The molecule has 0 aliphatic carbocycles. The average molecular weight is 475 g/mol. The molecule has 4 rings (SSSR count). The first kappa shape index (κ1) is 23.5. The Balaban J connectivity index is 1.46. The van der Waals surface area contributed by atoms with E-state index < -0.39 is 5.91 Å². The molecule has 8 heteroatoms. The van der Waals surface area contributed by atoms with Gasteiger partial charge in [0.1, 0.15) is 29.8 Å². The molecule has 2 aromatic carbocycles. The van der Waals surface area contributed by atoms with Gasteiger partial charge in [0.25, 0.3) is 5.91 Å². The molecule has 0 fully saturated rings. The van der Waals surface area contributed by atoms with Crippen molar-refractivity contribution >= 4 is 39.8 Å². The second kappa shape index (κ2) is 10.5. The van der Waals surface area contributed by atoms with E-state index in [1.165, 1.54) is 16.8 Å². The van der Waals surface area contributed by atoms with Gasteiger partial charge in [-0.3, -0.25) is 10.2 Å². The van der Waals surface area contributed by atoms with Gasteiger partial charge in [0.05, 0.1) is 5.57 Å². The molecule has 0 unspecified atom stereocenters. The number of hydrogen-bond donors (Lipinski definition) is 1. The summed E-state index contributed by atoms with van der Waals surface area (Å²) in [5.74, 6) is 1.14. The third-order valence-electron chi connectivity index (χ3n) is 5.12.